The lowest BCUT2D eigenvalue weighted by Gasteiger charge is -2.23. The molecule has 0 bridgehead atoms. The highest BCUT2D eigenvalue weighted by atomic mass is 35.5. The van der Waals surface area contributed by atoms with Crippen molar-refractivity contribution in [1.82, 2.24) is 14.8 Å². The Kier molecular flexibility index (Phi) is 6.56. The number of halogens is 3. The van der Waals surface area contributed by atoms with E-state index < -0.39 is 11.7 Å². The zero-order valence-corrected chi connectivity index (χ0v) is 14.8. The standard InChI is InChI=1S/C15H17ClF2N4OS/c1-3-21(15(23)10(2)24-9-13(17)18)12-8-22(20-14(12)16)11-5-4-6-19-7-11/h4-8,10,13H,3,9H2,1-2H3. The van der Waals surface area contributed by atoms with Crippen LogP contribution in [0.3, 0.4) is 0 Å². The molecule has 0 fully saturated rings. The Morgan fingerprint density at radius 2 is 2.25 bits per heavy atom. The van der Waals surface area contributed by atoms with Crippen LogP contribution in [0, 0.1) is 0 Å². The van der Waals surface area contributed by atoms with Gasteiger partial charge < -0.3 is 4.90 Å². The minimum atomic E-state index is -2.45. The highest BCUT2D eigenvalue weighted by molar-refractivity contribution is 8.00. The quantitative estimate of drug-likeness (QED) is 0.742. The van der Waals surface area contributed by atoms with Gasteiger partial charge in [0.15, 0.2) is 5.15 Å². The first-order valence-corrected chi connectivity index (χ1v) is 8.73. The lowest BCUT2D eigenvalue weighted by atomic mass is 10.3. The molecule has 1 amide bonds. The van der Waals surface area contributed by atoms with Gasteiger partial charge in [-0.25, -0.2) is 13.5 Å². The van der Waals surface area contributed by atoms with Crippen molar-refractivity contribution in [3.63, 3.8) is 0 Å². The highest BCUT2D eigenvalue weighted by Gasteiger charge is 2.25. The number of aromatic nitrogens is 3. The maximum atomic E-state index is 12.5. The molecule has 1 atom stereocenters. The molecule has 2 aromatic rings. The first kappa shape index (κ1) is 18.7. The molecule has 24 heavy (non-hydrogen) atoms. The summed E-state index contributed by atoms with van der Waals surface area (Å²) in [5.74, 6) is -0.663. The largest absolute Gasteiger partial charge is 0.308 e. The summed E-state index contributed by atoms with van der Waals surface area (Å²) in [6, 6.07) is 3.57. The average Bonchev–Trinajstić information content (AvgIpc) is 2.96. The van der Waals surface area contributed by atoms with Crippen LogP contribution < -0.4 is 4.90 Å². The second kappa shape index (κ2) is 8.43. The number of hydrogen-bond donors (Lipinski definition) is 0. The molecule has 1 unspecified atom stereocenters. The third-order valence-electron chi connectivity index (χ3n) is 3.25. The Bertz CT molecular complexity index is 683. The minimum Gasteiger partial charge on any atom is -0.308 e. The summed E-state index contributed by atoms with van der Waals surface area (Å²) in [5, 5.41) is 3.75. The van der Waals surface area contributed by atoms with Crippen LogP contribution in [0.4, 0.5) is 14.5 Å². The van der Waals surface area contributed by atoms with Gasteiger partial charge in [-0.1, -0.05) is 11.6 Å². The maximum Gasteiger partial charge on any atom is 0.247 e. The van der Waals surface area contributed by atoms with Crippen LogP contribution in [0.5, 0.6) is 0 Å². The zero-order valence-electron chi connectivity index (χ0n) is 13.2. The predicted octanol–water partition coefficient (Wildman–Crippen LogP) is 3.66. The smallest absolute Gasteiger partial charge is 0.247 e. The van der Waals surface area contributed by atoms with Crippen molar-refractivity contribution in [3.8, 4) is 5.69 Å². The van der Waals surface area contributed by atoms with Crippen molar-refractivity contribution in [3.05, 3.63) is 35.9 Å². The molecule has 2 aromatic heterocycles. The highest BCUT2D eigenvalue weighted by Crippen LogP contribution is 2.28. The van der Waals surface area contributed by atoms with Crippen molar-refractivity contribution in [1.29, 1.82) is 0 Å². The van der Waals surface area contributed by atoms with Crippen molar-refractivity contribution in [2.75, 3.05) is 17.2 Å². The summed E-state index contributed by atoms with van der Waals surface area (Å²) in [5.41, 5.74) is 1.15. The number of pyridine rings is 1. The Labute approximate surface area is 148 Å². The van der Waals surface area contributed by atoms with Gasteiger partial charge in [-0.15, -0.1) is 11.8 Å². The lowest BCUT2D eigenvalue weighted by Crippen LogP contribution is -2.36. The van der Waals surface area contributed by atoms with E-state index >= 15 is 0 Å². The summed E-state index contributed by atoms with van der Waals surface area (Å²) in [6.07, 6.45) is 2.44. The van der Waals surface area contributed by atoms with E-state index in [-0.39, 0.29) is 16.8 Å². The van der Waals surface area contributed by atoms with Crippen LogP contribution in [0.2, 0.25) is 5.15 Å². The summed E-state index contributed by atoms with van der Waals surface area (Å²) in [7, 11) is 0. The SMILES string of the molecule is CCN(C(=O)C(C)SCC(F)F)c1cn(-c2cccnc2)nc1Cl. The fraction of sp³-hybridized carbons (Fsp3) is 0.400. The van der Waals surface area contributed by atoms with Gasteiger partial charge in [-0.05, 0) is 26.0 Å². The van der Waals surface area contributed by atoms with Crippen molar-refractivity contribution >= 4 is 35.0 Å². The predicted molar refractivity (Wildman–Crippen MR) is 92.3 cm³/mol. The van der Waals surface area contributed by atoms with Gasteiger partial charge in [0.2, 0.25) is 12.3 Å². The van der Waals surface area contributed by atoms with Crippen LogP contribution in [0.25, 0.3) is 5.69 Å². The number of thioether (sulfide) groups is 1. The third-order valence-corrected chi connectivity index (χ3v) is 4.67. The molecule has 5 nitrogen and oxygen atoms in total. The zero-order chi connectivity index (χ0) is 17.7. The molecule has 0 aliphatic heterocycles. The summed E-state index contributed by atoms with van der Waals surface area (Å²) in [6.45, 7) is 3.76. The molecule has 0 aliphatic rings. The number of carbonyl (C=O) groups is 1. The molecule has 2 rings (SSSR count). The number of alkyl halides is 2. The molecule has 0 aliphatic carbocycles. The van der Waals surface area contributed by atoms with Crippen LogP contribution in [-0.2, 0) is 4.79 Å². The van der Waals surface area contributed by atoms with Crippen LogP contribution in [0.15, 0.2) is 30.7 Å². The second-order valence-corrected chi connectivity index (χ2v) is 6.64. The van der Waals surface area contributed by atoms with E-state index in [1.165, 1.54) is 9.58 Å². The second-order valence-electron chi connectivity index (χ2n) is 4.91. The topological polar surface area (TPSA) is 51.0 Å². The molecule has 0 N–H and O–H groups in total. The van der Waals surface area contributed by atoms with Gasteiger partial charge in [0, 0.05) is 12.7 Å². The Morgan fingerprint density at radius 3 is 2.83 bits per heavy atom. The molecule has 130 valence electrons. The van der Waals surface area contributed by atoms with E-state index in [1.54, 1.807) is 44.6 Å². The van der Waals surface area contributed by atoms with Gasteiger partial charge in [-0.3, -0.25) is 9.78 Å². The fourth-order valence-electron chi connectivity index (χ4n) is 2.10. The number of anilines is 1. The molecule has 0 saturated heterocycles. The fourth-order valence-corrected chi connectivity index (χ4v) is 3.04. The van der Waals surface area contributed by atoms with Crippen molar-refractivity contribution < 1.29 is 13.6 Å². The van der Waals surface area contributed by atoms with Gasteiger partial charge in [0.05, 0.1) is 29.1 Å². The van der Waals surface area contributed by atoms with E-state index in [4.69, 9.17) is 11.6 Å². The summed E-state index contributed by atoms with van der Waals surface area (Å²) in [4.78, 5) is 18.0. The van der Waals surface area contributed by atoms with Crippen LogP contribution in [0.1, 0.15) is 13.8 Å². The number of carbonyl (C=O) groups excluding carboxylic acids is 1. The lowest BCUT2D eigenvalue weighted by molar-refractivity contribution is -0.117. The molecule has 2 heterocycles. The number of amides is 1. The summed E-state index contributed by atoms with van der Waals surface area (Å²) >= 11 is 7.09. The van der Waals surface area contributed by atoms with Gasteiger partial charge in [-0.2, -0.15) is 5.10 Å². The summed E-state index contributed by atoms with van der Waals surface area (Å²) < 4.78 is 26.2. The molecular weight excluding hydrogens is 358 g/mol. The van der Waals surface area contributed by atoms with Crippen molar-refractivity contribution in [2.24, 2.45) is 0 Å². The normalized spacial score (nSPS) is 12.4. The number of rotatable bonds is 7. The average molecular weight is 375 g/mol. The van der Waals surface area contributed by atoms with Crippen LogP contribution in [-0.4, -0.2) is 44.6 Å². The van der Waals surface area contributed by atoms with Gasteiger partial charge >= 0.3 is 0 Å². The third kappa shape index (κ3) is 4.45. The minimum absolute atomic E-state index is 0.167. The first-order valence-electron chi connectivity index (χ1n) is 7.30. The molecule has 0 saturated carbocycles. The van der Waals surface area contributed by atoms with Crippen LogP contribution >= 0.6 is 23.4 Å². The molecular formula is C15H17ClF2N4OS. The van der Waals surface area contributed by atoms with E-state index in [1.807, 2.05) is 0 Å². The molecule has 0 aromatic carbocycles. The maximum absolute atomic E-state index is 12.5. The van der Waals surface area contributed by atoms with Gasteiger partial charge in [0.25, 0.3) is 0 Å². The molecule has 0 spiro atoms. The number of nitrogens with zero attached hydrogens (tertiary/aromatic N) is 4. The van der Waals surface area contributed by atoms with E-state index in [0.29, 0.717) is 17.9 Å². The van der Waals surface area contributed by atoms with E-state index in [0.717, 1.165) is 11.8 Å². The molecule has 0 radical (unpaired) electrons. The van der Waals surface area contributed by atoms with E-state index in [9.17, 15) is 13.6 Å². The Balaban J connectivity index is 2.21. The van der Waals surface area contributed by atoms with E-state index in [2.05, 4.69) is 10.1 Å². The monoisotopic (exact) mass is 374 g/mol. The Morgan fingerprint density at radius 1 is 1.50 bits per heavy atom. The van der Waals surface area contributed by atoms with Crippen molar-refractivity contribution in [2.45, 2.75) is 25.5 Å². The molecule has 9 heteroatoms. The Hall–Kier alpha value is -1.67. The number of hydrogen-bond acceptors (Lipinski definition) is 4. The first-order chi connectivity index (χ1) is 11.4. The van der Waals surface area contributed by atoms with Gasteiger partial charge in [0.1, 0.15) is 5.69 Å².